The van der Waals surface area contributed by atoms with Crippen molar-refractivity contribution in [2.45, 2.75) is 19.8 Å². The van der Waals surface area contributed by atoms with Gasteiger partial charge in [0, 0.05) is 11.2 Å². The maximum absolute atomic E-state index is 11.6. The predicted octanol–water partition coefficient (Wildman–Crippen LogP) is 4.05. The van der Waals surface area contributed by atoms with E-state index in [1.165, 1.54) is 14.2 Å². The first-order valence-electron chi connectivity index (χ1n) is 7.30. The highest BCUT2D eigenvalue weighted by Gasteiger charge is 2.10. The molecule has 2 rings (SSSR count). The summed E-state index contributed by atoms with van der Waals surface area (Å²) in [7, 11) is 2.81. The average Bonchev–Trinajstić information content (AvgIpc) is 2.94. The number of aromatic amines is 1. The van der Waals surface area contributed by atoms with Crippen LogP contribution in [0.4, 0.5) is 0 Å². The third-order valence-corrected chi connectivity index (χ3v) is 3.35. The number of carbonyl (C=O) groups excluding carboxylic acids is 1. The molecule has 22 heavy (non-hydrogen) atoms. The quantitative estimate of drug-likeness (QED) is 0.379. The number of aromatic nitrogens is 1. The molecule has 1 aromatic heterocycles. The molecule has 1 heterocycles. The molecule has 0 bridgehead atoms. The molecule has 0 radical (unpaired) electrons. The largest absolute Gasteiger partial charge is 0.490 e. The molecule has 0 aliphatic rings. The Kier molecular flexibility index (Phi) is 5.42. The Morgan fingerprint density at radius 2 is 2.00 bits per heavy atom. The summed E-state index contributed by atoms with van der Waals surface area (Å²) in [4.78, 5) is 15.0. The number of nitrogens with one attached hydrogen (secondary N) is 1. The number of benzene rings is 1. The molecular formula is C18H21NO3. The van der Waals surface area contributed by atoms with Crippen LogP contribution >= 0.6 is 0 Å². The molecule has 0 aliphatic carbocycles. The third-order valence-electron chi connectivity index (χ3n) is 3.35. The summed E-state index contributed by atoms with van der Waals surface area (Å²) in [5.41, 5.74) is 3.10. The summed E-state index contributed by atoms with van der Waals surface area (Å²) in [5.74, 6) is -0.264. The molecular weight excluding hydrogens is 278 g/mol. The minimum absolute atomic E-state index is 0.207. The molecule has 0 aliphatic heterocycles. The number of H-pyrrole nitrogens is 1. The summed E-state index contributed by atoms with van der Waals surface area (Å²) < 4.78 is 9.83. The summed E-state index contributed by atoms with van der Waals surface area (Å²) in [6, 6.07) is 10.2. The predicted molar refractivity (Wildman–Crippen MR) is 88.3 cm³/mol. The van der Waals surface area contributed by atoms with E-state index in [1.807, 2.05) is 24.3 Å². The van der Waals surface area contributed by atoms with E-state index >= 15 is 0 Å². The van der Waals surface area contributed by atoms with Gasteiger partial charge in [0.15, 0.2) is 0 Å². The Morgan fingerprint density at radius 1 is 1.23 bits per heavy atom. The lowest BCUT2D eigenvalue weighted by Gasteiger charge is -2.05. The lowest BCUT2D eigenvalue weighted by Crippen LogP contribution is -2.06. The number of para-hydroxylation sites is 1. The van der Waals surface area contributed by atoms with Gasteiger partial charge in [-0.25, -0.2) is 4.79 Å². The van der Waals surface area contributed by atoms with Crippen LogP contribution in [0, 0.1) is 0 Å². The van der Waals surface area contributed by atoms with Crippen LogP contribution in [0.3, 0.4) is 0 Å². The molecule has 2 aromatic rings. The zero-order chi connectivity index (χ0) is 15.9. The molecule has 1 aromatic carbocycles. The van der Waals surface area contributed by atoms with Gasteiger partial charge < -0.3 is 14.5 Å². The Hall–Kier alpha value is -2.49. The van der Waals surface area contributed by atoms with Gasteiger partial charge in [0.1, 0.15) is 0 Å². The van der Waals surface area contributed by atoms with Crippen LogP contribution in [0.25, 0.3) is 17.0 Å². The monoisotopic (exact) mass is 299 g/mol. The second-order valence-electron chi connectivity index (χ2n) is 4.99. The molecule has 4 nitrogen and oxygen atoms in total. The van der Waals surface area contributed by atoms with Crippen molar-refractivity contribution < 1.29 is 14.3 Å². The highest BCUT2D eigenvalue weighted by atomic mass is 16.6. The van der Waals surface area contributed by atoms with Crippen LogP contribution < -0.4 is 0 Å². The van der Waals surface area contributed by atoms with Crippen LogP contribution in [0.15, 0.2) is 47.7 Å². The van der Waals surface area contributed by atoms with Crippen LogP contribution in [0.2, 0.25) is 0 Å². The summed E-state index contributed by atoms with van der Waals surface area (Å²) in [6.07, 6.45) is 5.59. The molecule has 0 atom stereocenters. The van der Waals surface area contributed by atoms with Crippen LogP contribution in [-0.2, 0) is 14.3 Å². The fraction of sp³-hybridized carbons (Fsp3) is 0.278. The van der Waals surface area contributed by atoms with Crippen molar-refractivity contribution in [2.75, 3.05) is 14.2 Å². The van der Waals surface area contributed by atoms with Gasteiger partial charge in [-0.3, -0.25) is 0 Å². The van der Waals surface area contributed by atoms with E-state index < -0.39 is 5.97 Å². The second kappa shape index (κ2) is 7.50. The number of fused-ring (bicyclic) bond motifs is 1. The van der Waals surface area contributed by atoms with Crippen molar-refractivity contribution in [1.29, 1.82) is 0 Å². The smallest absolute Gasteiger partial charge is 0.373 e. The zero-order valence-electron chi connectivity index (χ0n) is 13.2. The van der Waals surface area contributed by atoms with Gasteiger partial charge in [-0.2, -0.15) is 0 Å². The topological polar surface area (TPSA) is 51.3 Å². The minimum atomic E-state index is -0.471. The van der Waals surface area contributed by atoms with Crippen molar-refractivity contribution in [3.63, 3.8) is 0 Å². The number of methoxy groups -OCH3 is 2. The Balaban J connectivity index is 2.37. The number of carbonyl (C=O) groups is 1. The van der Waals surface area contributed by atoms with E-state index in [0.717, 1.165) is 35.0 Å². The maximum atomic E-state index is 11.6. The van der Waals surface area contributed by atoms with Gasteiger partial charge in [-0.05, 0) is 41.7 Å². The van der Waals surface area contributed by atoms with E-state index in [1.54, 1.807) is 6.08 Å². The molecule has 0 unspecified atom stereocenters. The SMILES string of the molecule is CCCC(/C=C(\OC)C(=O)OC)=C\c1cc2ccccc2[nH]1. The minimum Gasteiger partial charge on any atom is -0.490 e. The van der Waals surface area contributed by atoms with E-state index in [4.69, 9.17) is 9.47 Å². The van der Waals surface area contributed by atoms with Crippen molar-refractivity contribution in [2.24, 2.45) is 0 Å². The molecule has 0 saturated carbocycles. The summed E-state index contributed by atoms with van der Waals surface area (Å²) in [5, 5.41) is 1.16. The maximum Gasteiger partial charge on any atom is 0.373 e. The average molecular weight is 299 g/mol. The number of hydrogen-bond acceptors (Lipinski definition) is 3. The first-order chi connectivity index (χ1) is 10.7. The van der Waals surface area contributed by atoms with Gasteiger partial charge in [0.25, 0.3) is 0 Å². The van der Waals surface area contributed by atoms with Gasteiger partial charge in [-0.15, -0.1) is 0 Å². The zero-order valence-corrected chi connectivity index (χ0v) is 13.2. The van der Waals surface area contributed by atoms with E-state index in [-0.39, 0.29) is 5.76 Å². The standard InChI is InChI=1S/C18H21NO3/c1-4-7-13(11-17(21-2)18(20)22-3)10-15-12-14-8-5-6-9-16(14)19-15/h5-6,8-12,19H,4,7H2,1-3H3/b13-10+,17-11-. The van der Waals surface area contributed by atoms with Crippen molar-refractivity contribution in [3.05, 3.63) is 53.4 Å². The number of esters is 1. The molecule has 1 N–H and O–H groups in total. The van der Waals surface area contributed by atoms with Crippen molar-refractivity contribution in [1.82, 2.24) is 4.98 Å². The normalized spacial score (nSPS) is 12.5. The van der Waals surface area contributed by atoms with Gasteiger partial charge in [0.2, 0.25) is 5.76 Å². The Labute approximate surface area is 130 Å². The van der Waals surface area contributed by atoms with Crippen molar-refractivity contribution >= 4 is 22.9 Å². The van der Waals surface area contributed by atoms with Crippen LogP contribution in [0.5, 0.6) is 0 Å². The molecule has 0 spiro atoms. The number of allylic oxidation sites excluding steroid dienone is 2. The highest BCUT2D eigenvalue weighted by Crippen LogP contribution is 2.20. The van der Waals surface area contributed by atoms with E-state index in [0.29, 0.717) is 0 Å². The van der Waals surface area contributed by atoms with Gasteiger partial charge in [0.05, 0.1) is 14.2 Å². The fourth-order valence-electron chi connectivity index (χ4n) is 2.32. The number of rotatable bonds is 6. The van der Waals surface area contributed by atoms with Crippen molar-refractivity contribution in [3.8, 4) is 0 Å². The van der Waals surface area contributed by atoms with Gasteiger partial charge >= 0.3 is 5.97 Å². The second-order valence-corrected chi connectivity index (χ2v) is 4.99. The van der Waals surface area contributed by atoms with Gasteiger partial charge in [-0.1, -0.05) is 31.5 Å². The Bertz CT molecular complexity index is 677. The molecule has 4 heteroatoms. The molecule has 0 amide bonds. The lowest BCUT2D eigenvalue weighted by molar-refractivity contribution is -0.139. The third kappa shape index (κ3) is 3.79. The molecule has 0 saturated heterocycles. The fourth-order valence-corrected chi connectivity index (χ4v) is 2.32. The molecule has 116 valence electrons. The number of ether oxygens (including phenoxy) is 2. The highest BCUT2D eigenvalue weighted by molar-refractivity contribution is 5.87. The van der Waals surface area contributed by atoms with E-state index in [9.17, 15) is 4.79 Å². The summed E-state index contributed by atoms with van der Waals surface area (Å²) >= 11 is 0. The first-order valence-corrected chi connectivity index (χ1v) is 7.30. The summed E-state index contributed by atoms with van der Waals surface area (Å²) in [6.45, 7) is 2.09. The Morgan fingerprint density at radius 3 is 2.64 bits per heavy atom. The number of hydrogen-bond donors (Lipinski definition) is 1. The lowest BCUT2D eigenvalue weighted by atomic mass is 10.1. The first kappa shape index (κ1) is 15.9. The van der Waals surface area contributed by atoms with E-state index in [2.05, 4.69) is 24.0 Å². The molecule has 0 fully saturated rings. The van der Waals surface area contributed by atoms with Crippen LogP contribution in [0.1, 0.15) is 25.5 Å². The van der Waals surface area contributed by atoms with Crippen LogP contribution in [-0.4, -0.2) is 25.2 Å².